The summed E-state index contributed by atoms with van der Waals surface area (Å²) < 4.78 is 27.2. The van der Waals surface area contributed by atoms with E-state index in [4.69, 9.17) is 5.73 Å². The van der Waals surface area contributed by atoms with Gasteiger partial charge in [0.15, 0.2) is 0 Å². The molecular weight excluding hydrogens is 394 g/mol. The van der Waals surface area contributed by atoms with Crippen LogP contribution in [0.4, 0.5) is 0 Å². The molecule has 1 atom stereocenters. The van der Waals surface area contributed by atoms with Crippen molar-refractivity contribution in [2.45, 2.75) is 24.3 Å². The summed E-state index contributed by atoms with van der Waals surface area (Å²) in [5, 5.41) is 1.96. The second-order valence-corrected chi connectivity index (χ2v) is 8.55. The lowest BCUT2D eigenvalue weighted by Crippen LogP contribution is -2.39. The van der Waals surface area contributed by atoms with E-state index < -0.39 is 10.0 Å². The number of rotatable bonds is 8. The van der Waals surface area contributed by atoms with E-state index in [-0.39, 0.29) is 29.3 Å². The van der Waals surface area contributed by atoms with Crippen LogP contribution in [-0.2, 0) is 16.4 Å². The highest BCUT2D eigenvalue weighted by atomic mass is 35.5. The van der Waals surface area contributed by atoms with Crippen LogP contribution in [-0.4, -0.2) is 45.4 Å². The molecule has 0 aliphatic rings. The molecule has 1 heterocycles. The largest absolute Gasteiger partial charge is 0.338 e. The maximum Gasteiger partial charge on any atom is 0.253 e. The van der Waals surface area contributed by atoms with Crippen molar-refractivity contribution < 1.29 is 13.2 Å². The zero-order valence-electron chi connectivity index (χ0n) is 14.7. The summed E-state index contributed by atoms with van der Waals surface area (Å²) in [6, 6.07) is 9.76. The van der Waals surface area contributed by atoms with E-state index in [2.05, 4.69) is 4.72 Å². The van der Waals surface area contributed by atoms with Crippen molar-refractivity contribution in [2.24, 2.45) is 5.73 Å². The number of amides is 1. The zero-order chi connectivity index (χ0) is 18.4. The van der Waals surface area contributed by atoms with Crippen LogP contribution >= 0.6 is 23.7 Å². The second kappa shape index (κ2) is 10.0. The highest BCUT2D eigenvalue weighted by Gasteiger charge is 2.18. The van der Waals surface area contributed by atoms with Crippen LogP contribution in [0.15, 0.2) is 46.7 Å². The first-order chi connectivity index (χ1) is 11.8. The molecular formula is C17H24ClN3O3S2. The molecule has 1 aromatic heterocycles. The fraction of sp³-hybridized carbons (Fsp3) is 0.353. The first kappa shape index (κ1) is 22.6. The minimum absolute atomic E-state index is 0. The lowest BCUT2D eigenvalue weighted by Gasteiger charge is -2.23. The van der Waals surface area contributed by atoms with Crippen LogP contribution in [0, 0.1) is 0 Å². The molecule has 0 aliphatic carbocycles. The molecule has 3 N–H and O–H groups in total. The summed E-state index contributed by atoms with van der Waals surface area (Å²) >= 11 is 1.60. The minimum Gasteiger partial charge on any atom is -0.338 e. The Morgan fingerprint density at radius 3 is 2.46 bits per heavy atom. The third-order valence-corrected chi connectivity index (χ3v) is 6.39. The predicted octanol–water partition coefficient (Wildman–Crippen LogP) is 2.11. The van der Waals surface area contributed by atoms with Gasteiger partial charge in [-0.1, -0.05) is 6.07 Å². The number of carbonyl (C=O) groups excluding carboxylic acids is 1. The number of thiophene rings is 1. The molecule has 2 rings (SSSR count). The van der Waals surface area contributed by atoms with Crippen molar-refractivity contribution in [1.29, 1.82) is 0 Å². The highest BCUT2D eigenvalue weighted by Crippen LogP contribution is 2.14. The molecule has 6 nitrogen and oxygen atoms in total. The highest BCUT2D eigenvalue weighted by molar-refractivity contribution is 7.89. The van der Waals surface area contributed by atoms with Gasteiger partial charge in [-0.2, -0.15) is 0 Å². The van der Waals surface area contributed by atoms with Crippen LogP contribution in [0.1, 0.15) is 22.2 Å². The van der Waals surface area contributed by atoms with Crippen LogP contribution in [0.5, 0.6) is 0 Å². The lowest BCUT2D eigenvalue weighted by molar-refractivity contribution is 0.0748. The average molecular weight is 418 g/mol. The van der Waals surface area contributed by atoms with Gasteiger partial charge in [0.05, 0.1) is 4.90 Å². The van der Waals surface area contributed by atoms with E-state index in [0.717, 1.165) is 4.88 Å². The van der Waals surface area contributed by atoms with E-state index in [9.17, 15) is 13.2 Å². The number of hydrogen-bond acceptors (Lipinski definition) is 5. The summed E-state index contributed by atoms with van der Waals surface area (Å²) in [5.74, 6) is -0.187. The SMILES string of the molecule is CC(CN)N(C)C(=O)c1ccc(S(=O)(=O)NCCc2cccs2)cc1.Cl. The summed E-state index contributed by atoms with van der Waals surface area (Å²) in [6.45, 7) is 2.55. The third kappa shape index (κ3) is 5.78. The first-order valence-electron chi connectivity index (χ1n) is 7.94. The fourth-order valence-corrected chi connectivity index (χ4v) is 3.93. The number of nitrogens with one attached hydrogen (secondary N) is 1. The maximum atomic E-state index is 12.3. The number of halogens is 1. The maximum absolute atomic E-state index is 12.3. The Morgan fingerprint density at radius 2 is 1.92 bits per heavy atom. The molecule has 9 heteroatoms. The van der Waals surface area contributed by atoms with Gasteiger partial charge in [-0.15, -0.1) is 23.7 Å². The monoisotopic (exact) mass is 417 g/mol. The topological polar surface area (TPSA) is 92.5 Å². The summed E-state index contributed by atoms with van der Waals surface area (Å²) in [5.41, 5.74) is 6.00. The van der Waals surface area contributed by atoms with Gasteiger partial charge in [-0.25, -0.2) is 13.1 Å². The molecule has 1 unspecified atom stereocenters. The number of likely N-dealkylation sites (N-methyl/N-ethyl adjacent to an activating group) is 1. The van der Waals surface area contributed by atoms with E-state index in [0.29, 0.717) is 25.1 Å². The fourth-order valence-electron chi connectivity index (χ4n) is 2.19. The molecule has 0 bridgehead atoms. The quantitative estimate of drug-likeness (QED) is 0.687. The van der Waals surface area contributed by atoms with Crippen molar-refractivity contribution in [2.75, 3.05) is 20.1 Å². The van der Waals surface area contributed by atoms with E-state index in [1.165, 1.54) is 24.3 Å². The summed E-state index contributed by atoms with van der Waals surface area (Å²) in [7, 11) is -1.91. The number of carbonyl (C=O) groups is 1. The summed E-state index contributed by atoms with van der Waals surface area (Å²) in [6.07, 6.45) is 0.648. The van der Waals surface area contributed by atoms with Gasteiger partial charge in [0, 0.05) is 36.6 Å². The van der Waals surface area contributed by atoms with Gasteiger partial charge < -0.3 is 10.6 Å². The molecule has 0 spiro atoms. The Balaban J connectivity index is 0.00000338. The van der Waals surface area contributed by atoms with Crippen molar-refractivity contribution in [1.82, 2.24) is 9.62 Å². The number of nitrogens with two attached hydrogens (primary N) is 1. The molecule has 0 fully saturated rings. The van der Waals surface area contributed by atoms with Crippen molar-refractivity contribution in [3.8, 4) is 0 Å². The molecule has 144 valence electrons. The van der Waals surface area contributed by atoms with Crippen LogP contribution in [0.3, 0.4) is 0 Å². The average Bonchev–Trinajstić information content (AvgIpc) is 3.13. The van der Waals surface area contributed by atoms with Gasteiger partial charge in [0.1, 0.15) is 0 Å². The lowest BCUT2D eigenvalue weighted by atomic mass is 10.2. The molecule has 1 aromatic carbocycles. The van der Waals surface area contributed by atoms with Gasteiger partial charge >= 0.3 is 0 Å². The smallest absolute Gasteiger partial charge is 0.253 e. The van der Waals surface area contributed by atoms with E-state index in [1.54, 1.807) is 23.3 Å². The molecule has 0 saturated heterocycles. The number of hydrogen-bond donors (Lipinski definition) is 2. The molecule has 26 heavy (non-hydrogen) atoms. The zero-order valence-corrected chi connectivity index (χ0v) is 17.2. The molecule has 0 saturated carbocycles. The summed E-state index contributed by atoms with van der Waals surface area (Å²) in [4.78, 5) is 15.1. The molecule has 2 aromatic rings. The second-order valence-electron chi connectivity index (χ2n) is 5.75. The van der Waals surface area contributed by atoms with Gasteiger partial charge in [-0.05, 0) is 49.1 Å². The standard InChI is InChI=1S/C17H23N3O3S2.ClH/c1-13(12-18)20(2)17(21)14-5-7-16(8-6-14)25(22,23)19-10-9-15-4-3-11-24-15;/h3-8,11,13,19H,9-10,12,18H2,1-2H3;1H. The third-order valence-electron chi connectivity index (χ3n) is 3.98. The Kier molecular flexibility index (Phi) is 8.72. The Hall–Kier alpha value is -1.45. The normalized spacial score (nSPS) is 12.3. The minimum atomic E-state index is -3.59. The predicted molar refractivity (Wildman–Crippen MR) is 108 cm³/mol. The Bertz CT molecular complexity index is 793. The van der Waals surface area contributed by atoms with Crippen molar-refractivity contribution in [3.05, 3.63) is 52.2 Å². The first-order valence-corrected chi connectivity index (χ1v) is 10.3. The number of benzene rings is 1. The Labute approximate surface area is 164 Å². The van der Waals surface area contributed by atoms with Gasteiger partial charge in [0.2, 0.25) is 10.0 Å². The van der Waals surface area contributed by atoms with E-state index in [1.807, 2.05) is 24.4 Å². The van der Waals surface area contributed by atoms with Gasteiger partial charge in [0.25, 0.3) is 5.91 Å². The number of sulfonamides is 1. The van der Waals surface area contributed by atoms with E-state index >= 15 is 0 Å². The van der Waals surface area contributed by atoms with Crippen LogP contribution < -0.4 is 10.5 Å². The number of nitrogens with zero attached hydrogens (tertiary/aromatic N) is 1. The molecule has 1 amide bonds. The van der Waals surface area contributed by atoms with Crippen molar-refractivity contribution >= 4 is 39.7 Å². The Morgan fingerprint density at radius 1 is 1.27 bits per heavy atom. The van der Waals surface area contributed by atoms with Gasteiger partial charge in [-0.3, -0.25) is 4.79 Å². The van der Waals surface area contributed by atoms with Crippen molar-refractivity contribution in [3.63, 3.8) is 0 Å². The molecule has 0 radical (unpaired) electrons. The van der Waals surface area contributed by atoms with Crippen LogP contribution in [0.25, 0.3) is 0 Å². The molecule has 0 aliphatic heterocycles. The van der Waals surface area contributed by atoms with Crippen LogP contribution in [0.2, 0.25) is 0 Å².